The maximum atomic E-state index is 11.9. The molecule has 0 aromatic heterocycles. The van der Waals surface area contributed by atoms with Gasteiger partial charge in [-0.3, -0.25) is 0 Å². The number of halogens is 1. The third-order valence-corrected chi connectivity index (χ3v) is 3.38. The van der Waals surface area contributed by atoms with E-state index in [1.807, 2.05) is 18.2 Å². The molecule has 0 heterocycles. The van der Waals surface area contributed by atoms with Crippen molar-refractivity contribution in [2.75, 3.05) is 17.7 Å². The maximum Gasteiger partial charge on any atom is 0.337 e. The van der Waals surface area contributed by atoms with Gasteiger partial charge in [0, 0.05) is 10.2 Å². The molecule has 0 fully saturated rings. The number of carbonyl (C=O) groups excluding carboxylic acids is 2. The molecule has 0 aliphatic carbocycles. The standard InChI is InChI=1S/C15H13BrN2O3/c1-21-14(19)10-6-8-11(9-7-10)17-15(20)18-13-5-3-2-4-12(13)16/h2-9H,1H3,(H2,17,18,20). The number of hydrogen-bond donors (Lipinski definition) is 2. The highest BCUT2D eigenvalue weighted by molar-refractivity contribution is 9.10. The van der Waals surface area contributed by atoms with Crippen LogP contribution in [0.1, 0.15) is 10.4 Å². The molecule has 0 saturated heterocycles. The van der Waals surface area contributed by atoms with Crippen molar-refractivity contribution < 1.29 is 14.3 Å². The topological polar surface area (TPSA) is 67.4 Å². The van der Waals surface area contributed by atoms with Gasteiger partial charge in [-0.05, 0) is 52.3 Å². The van der Waals surface area contributed by atoms with Crippen molar-refractivity contribution in [3.8, 4) is 0 Å². The maximum absolute atomic E-state index is 11.9. The summed E-state index contributed by atoms with van der Waals surface area (Å²) >= 11 is 3.35. The van der Waals surface area contributed by atoms with Crippen molar-refractivity contribution in [2.24, 2.45) is 0 Å². The van der Waals surface area contributed by atoms with Crippen LogP contribution in [0, 0.1) is 0 Å². The van der Waals surface area contributed by atoms with E-state index < -0.39 is 5.97 Å². The van der Waals surface area contributed by atoms with Crippen LogP contribution in [0.15, 0.2) is 53.0 Å². The summed E-state index contributed by atoms with van der Waals surface area (Å²) in [6.07, 6.45) is 0. The number of nitrogens with one attached hydrogen (secondary N) is 2. The normalized spacial score (nSPS) is 9.81. The number of rotatable bonds is 3. The number of hydrogen-bond acceptors (Lipinski definition) is 3. The fraction of sp³-hybridized carbons (Fsp3) is 0.0667. The van der Waals surface area contributed by atoms with Crippen molar-refractivity contribution in [3.05, 3.63) is 58.6 Å². The molecule has 0 aliphatic heterocycles. The lowest BCUT2D eigenvalue weighted by molar-refractivity contribution is 0.0601. The molecular formula is C15H13BrN2O3. The van der Waals surface area contributed by atoms with Crippen molar-refractivity contribution in [1.82, 2.24) is 0 Å². The van der Waals surface area contributed by atoms with E-state index in [1.165, 1.54) is 7.11 Å². The molecule has 6 heteroatoms. The van der Waals surface area contributed by atoms with Crippen LogP contribution in [-0.2, 0) is 4.74 Å². The fourth-order valence-corrected chi connectivity index (χ4v) is 2.04. The van der Waals surface area contributed by atoms with Crippen molar-refractivity contribution in [1.29, 1.82) is 0 Å². The van der Waals surface area contributed by atoms with Gasteiger partial charge in [0.05, 0.1) is 18.4 Å². The number of ether oxygens (including phenoxy) is 1. The van der Waals surface area contributed by atoms with Gasteiger partial charge in [-0.2, -0.15) is 0 Å². The van der Waals surface area contributed by atoms with Crippen LogP contribution in [0.25, 0.3) is 0 Å². The number of carbonyl (C=O) groups is 2. The summed E-state index contributed by atoms with van der Waals surface area (Å²) in [5.41, 5.74) is 1.67. The molecule has 21 heavy (non-hydrogen) atoms. The molecule has 2 N–H and O–H groups in total. The summed E-state index contributed by atoms with van der Waals surface area (Å²) in [5, 5.41) is 5.40. The molecule has 2 aromatic rings. The van der Waals surface area contributed by atoms with Gasteiger partial charge in [0.25, 0.3) is 0 Å². The molecule has 0 aliphatic rings. The van der Waals surface area contributed by atoms with E-state index in [-0.39, 0.29) is 6.03 Å². The summed E-state index contributed by atoms with van der Waals surface area (Å²) in [6, 6.07) is 13.4. The zero-order valence-electron chi connectivity index (χ0n) is 11.2. The van der Waals surface area contributed by atoms with Crippen LogP contribution in [0.2, 0.25) is 0 Å². The first-order valence-corrected chi connectivity index (χ1v) is 6.90. The molecule has 0 atom stereocenters. The highest BCUT2D eigenvalue weighted by atomic mass is 79.9. The Balaban J connectivity index is 2.00. The minimum absolute atomic E-state index is 0.368. The van der Waals surface area contributed by atoms with Gasteiger partial charge in [-0.15, -0.1) is 0 Å². The lowest BCUT2D eigenvalue weighted by Crippen LogP contribution is -2.19. The van der Waals surface area contributed by atoms with Crippen LogP contribution in [0.4, 0.5) is 16.2 Å². The SMILES string of the molecule is COC(=O)c1ccc(NC(=O)Nc2ccccc2Br)cc1. The van der Waals surface area contributed by atoms with Crippen molar-refractivity contribution in [3.63, 3.8) is 0 Å². The number of anilines is 2. The first-order valence-electron chi connectivity index (χ1n) is 6.11. The molecule has 0 radical (unpaired) electrons. The van der Waals surface area contributed by atoms with E-state index >= 15 is 0 Å². The number of amides is 2. The quantitative estimate of drug-likeness (QED) is 0.827. The highest BCUT2D eigenvalue weighted by Crippen LogP contribution is 2.21. The predicted octanol–water partition coefficient (Wildman–Crippen LogP) is 3.88. The zero-order valence-corrected chi connectivity index (χ0v) is 12.8. The molecule has 0 spiro atoms. The van der Waals surface area contributed by atoms with E-state index in [9.17, 15) is 9.59 Å². The Morgan fingerprint density at radius 2 is 1.67 bits per heavy atom. The van der Waals surface area contributed by atoms with Gasteiger partial charge in [0.2, 0.25) is 0 Å². The molecular weight excluding hydrogens is 336 g/mol. The van der Waals surface area contributed by atoms with Gasteiger partial charge in [-0.1, -0.05) is 12.1 Å². The van der Waals surface area contributed by atoms with Crippen LogP contribution < -0.4 is 10.6 Å². The predicted molar refractivity (Wildman–Crippen MR) is 84.6 cm³/mol. The third-order valence-electron chi connectivity index (χ3n) is 2.69. The van der Waals surface area contributed by atoms with Crippen molar-refractivity contribution in [2.45, 2.75) is 0 Å². The number of benzene rings is 2. The molecule has 2 aromatic carbocycles. The second kappa shape index (κ2) is 6.90. The number of methoxy groups -OCH3 is 1. The zero-order chi connectivity index (χ0) is 15.2. The smallest absolute Gasteiger partial charge is 0.337 e. The lowest BCUT2D eigenvalue weighted by atomic mass is 10.2. The lowest BCUT2D eigenvalue weighted by Gasteiger charge is -2.09. The third kappa shape index (κ3) is 4.06. The van der Waals surface area contributed by atoms with Crippen LogP contribution in [-0.4, -0.2) is 19.1 Å². The Morgan fingerprint density at radius 3 is 2.29 bits per heavy atom. The fourth-order valence-electron chi connectivity index (χ4n) is 1.65. The minimum atomic E-state index is -0.417. The van der Waals surface area contributed by atoms with Crippen LogP contribution in [0.3, 0.4) is 0 Å². The molecule has 2 rings (SSSR count). The van der Waals surface area contributed by atoms with Crippen LogP contribution >= 0.6 is 15.9 Å². The Labute approximate surface area is 130 Å². The van der Waals surface area contributed by atoms with Gasteiger partial charge in [-0.25, -0.2) is 9.59 Å². The molecule has 0 saturated carbocycles. The average molecular weight is 349 g/mol. The first kappa shape index (κ1) is 15.1. The summed E-state index contributed by atoms with van der Waals surface area (Å²) in [7, 11) is 1.32. The average Bonchev–Trinajstić information content (AvgIpc) is 2.49. The first-order chi connectivity index (χ1) is 10.1. The van der Waals surface area contributed by atoms with E-state index in [1.54, 1.807) is 30.3 Å². The van der Waals surface area contributed by atoms with E-state index in [0.717, 1.165) is 4.47 Å². The Morgan fingerprint density at radius 1 is 1.00 bits per heavy atom. The molecule has 2 amide bonds. The van der Waals surface area contributed by atoms with Gasteiger partial charge >= 0.3 is 12.0 Å². The number of urea groups is 1. The van der Waals surface area contributed by atoms with Gasteiger partial charge < -0.3 is 15.4 Å². The summed E-state index contributed by atoms with van der Waals surface area (Å²) in [4.78, 5) is 23.2. The Bertz CT molecular complexity index is 656. The van der Waals surface area contributed by atoms with Crippen molar-refractivity contribution >= 4 is 39.3 Å². The minimum Gasteiger partial charge on any atom is -0.465 e. The molecule has 5 nitrogen and oxygen atoms in total. The van der Waals surface area contributed by atoms with Crippen LogP contribution in [0.5, 0.6) is 0 Å². The summed E-state index contributed by atoms with van der Waals surface area (Å²) in [5.74, 6) is -0.417. The molecule has 0 unspecified atom stereocenters. The molecule has 108 valence electrons. The Hall–Kier alpha value is -2.34. The molecule has 0 bridgehead atoms. The number of esters is 1. The second-order valence-electron chi connectivity index (χ2n) is 4.13. The second-order valence-corrected chi connectivity index (χ2v) is 4.98. The Kier molecular flexibility index (Phi) is 4.94. The monoisotopic (exact) mass is 348 g/mol. The largest absolute Gasteiger partial charge is 0.465 e. The van der Waals surface area contributed by atoms with Gasteiger partial charge in [0.1, 0.15) is 0 Å². The highest BCUT2D eigenvalue weighted by Gasteiger charge is 2.07. The summed E-state index contributed by atoms with van der Waals surface area (Å²) in [6.45, 7) is 0. The van der Waals surface area contributed by atoms with E-state index in [0.29, 0.717) is 16.9 Å². The van der Waals surface area contributed by atoms with Gasteiger partial charge in [0.15, 0.2) is 0 Å². The van der Waals surface area contributed by atoms with E-state index in [2.05, 4.69) is 31.3 Å². The summed E-state index contributed by atoms with van der Waals surface area (Å²) < 4.78 is 5.40. The number of para-hydroxylation sites is 1. The van der Waals surface area contributed by atoms with E-state index in [4.69, 9.17) is 0 Å².